The lowest BCUT2D eigenvalue weighted by Gasteiger charge is -2.46. The highest BCUT2D eigenvalue weighted by Crippen LogP contribution is 2.37. The molecule has 0 saturated carbocycles. The van der Waals surface area contributed by atoms with Gasteiger partial charge in [-0.05, 0) is 11.1 Å². The molecule has 1 aliphatic heterocycles. The van der Waals surface area contributed by atoms with Crippen molar-refractivity contribution in [3.63, 3.8) is 0 Å². The van der Waals surface area contributed by atoms with E-state index in [0.29, 0.717) is 5.56 Å². The average Bonchev–Trinajstić information content (AvgIpc) is 2.48. The van der Waals surface area contributed by atoms with Crippen LogP contribution in [0.5, 0.6) is 0 Å². The molecular weight excluding hydrogens is 268 g/mol. The van der Waals surface area contributed by atoms with Crippen LogP contribution in [0.2, 0.25) is 0 Å². The van der Waals surface area contributed by atoms with Crippen LogP contribution in [0.1, 0.15) is 11.1 Å². The molecule has 5 atom stereocenters. The minimum absolute atomic E-state index is 0.130. The van der Waals surface area contributed by atoms with Crippen molar-refractivity contribution in [3.05, 3.63) is 35.4 Å². The SMILES string of the molecule is OCc1ccc([C@]2(O)[C@@H](O)O[C@H](CO)[C@@H](O)[C@@H]2O)cc1. The van der Waals surface area contributed by atoms with Crippen LogP contribution in [0, 0.1) is 0 Å². The largest absolute Gasteiger partial charge is 0.394 e. The normalized spacial score (nSPS) is 37.9. The van der Waals surface area contributed by atoms with Crippen LogP contribution in [-0.2, 0) is 16.9 Å². The second kappa shape index (κ2) is 5.74. The standard InChI is InChI=1S/C13H18O7/c14-5-7-1-3-8(4-2-7)13(19)11(17)10(16)9(6-15)20-12(13)18/h1-4,9-12,14-19H,5-6H2/t9-,10-,11+,12+,13-/m1/s1. The van der Waals surface area contributed by atoms with E-state index in [1.54, 1.807) is 0 Å². The summed E-state index contributed by atoms with van der Waals surface area (Å²) in [6.45, 7) is -0.787. The maximum atomic E-state index is 10.5. The number of hydrogen-bond acceptors (Lipinski definition) is 7. The third-order valence-corrected chi connectivity index (χ3v) is 3.61. The van der Waals surface area contributed by atoms with Crippen molar-refractivity contribution >= 4 is 0 Å². The summed E-state index contributed by atoms with van der Waals surface area (Å²) in [4.78, 5) is 0. The van der Waals surface area contributed by atoms with E-state index >= 15 is 0 Å². The molecule has 1 aromatic carbocycles. The van der Waals surface area contributed by atoms with Crippen molar-refractivity contribution in [1.82, 2.24) is 0 Å². The molecule has 2 rings (SSSR count). The lowest BCUT2D eigenvalue weighted by molar-refractivity contribution is -0.335. The Morgan fingerprint density at radius 3 is 2.15 bits per heavy atom. The van der Waals surface area contributed by atoms with Crippen LogP contribution in [0.15, 0.2) is 24.3 Å². The van der Waals surface area contributed by atoms with Crippen molar-refractivity contribution in [2.75, 3.05) is 6.61 Å². The van der Waals surface area contributed by atoms with Gasteiger partial charge in [0, 0.05) is 0 Å². The molecule has 6 N–H and O–H groups in total. The Balaban J connectivity index is 2.35. The number of rotatable bonds is 3. The first-order valence-electron chi connectivity index (χ1n) is 6.18. The van der Waals surface area contributed by atoms with Gasteiger partial charge in [-0.25, -0.2) is 0 Å². The smallest absolute Gasteiger partial charge is 0.191 e. The molecule has 0 aliphatic carbocycles. The molecule has 112 valence electrons. The van der Waals surface area contributed by atoms with Gasteiger partial charge in [-0.3, -0.25) is 0 Å². The van der Waals surface area contributed by atoms with Gasteiger partial charge in [-0.15, -0.1) is 0 Å². The van der Waals surface area contributed by atoms with E-state index in [4.69, 9.17) is 14.9 Å². The van der Waals surface area contributed by atoms with Gasteiger partial charge in [0.05, 0.1) is 13.2 Å². The van der Waals surface area contributed by atoms with E-state index in [0.717, 1.165) is 0 Å². The zero-order valence-electron chi connectivity index (χ0n) is 10.6. The summed E-state index contributed by atoms with van der Waals surface area (Å²) in [6, 6.07) is 5.84. The van der Waals surface area contributed by atoms with Gasteiger partial charge in [0.15, 0.2) is 11.9 Å². The van der Waals surface area contributed by atoms with Crippen LogP contribution in [0.4, 0.5) is 0 Å². The molecule has 20 heavy (non-hydrogen) atoms. The third kappa shape index (κ3) is 2.33. The molecule has 7 heteroatoms. The Hall–Kier alpha value is -1.06. The van der Waals surface area contributed by atoms with Gasteiger partial charge < -0.3 is 35.4 Å². The minimum atomic E-state index is -2.22. The predicted octanol–water partition coefficient (Wildman–Crippen LogP) is -2.20. The average molecular weight is 286 g/mol. The van der Waals surface area contributed by atoms with Crippen LogP contribution in [-0.4, -0.2) is 61.8 Å². The van der Waals surface area contributed by atoms with Gasteiger partial charge in [0.1, 0.15) is 18.3 Å². The first kappa shape index (κ1) is 15.3. The molecule has 1 aromatic rings. The molecule has 0 radical (unpaired) electrons. The summed E-state index contributed by atoms with van der Waals surface area (Å²) in [6.07, 6.45) is -6.27. The fourth-order valence-corrected chi connectivity index (χ4v) is 2.30. The highest BCUT2D eigenvalue weighted by Gasteiger charge is 2.55. The van der Waals surface area contributed by atoms with Crippen molar-refractivity contribution in [2.45, 2.75) is 36.8 Å². The zero-order chi connectivity index (χ0) is 14.9. The lowest BCUT2D eigenvalue weighted by Crippen LogP contribution is -2.64. The molecule has 0 bridgehead atoms. The number of aliphatic hydroxyl groups excluding tert-OH is 5. The zero-order valence-corrected chi connectivity index (χ0v) is 10.6. The van der Waals surface area contributed by atoms with Gasteiger partial charge in [0.25, 0.3) is 0 Å². The third-order valence-electron chi connectivity index (χ3n) is 3.61. The summed E-state index contributed by atoms with van der Waals surface area (Å²) in [5, 5.41) is 58.2. The number of benzene rings is 1. The fraction of sp³-hybridized carbons (Fsp3) is 0.538. The van der Waals surface area contributed by atoms with E-state index in [1.807, 2.05) is 0 Å². The molecular formula is C13H18O7. The maximum Gasteiger partial charge on any atom is 0.191 e. The topological polar surface area (TPSA) is 131 Å². The van der Waals surface area contributed by atoms with Gasteiger partial charge in [0.2, 0.25) is 0 Å². The first-order valence-corrected chi connectivity index (χ1v) is 6.18. The molecule has 1 saturated heterocycles. The van der Waals surface area contributed by atoms with Crippen LogP contribution >= 0.6 is 0 Å². The van der Waals surface area contributed by atoms with Gasteiger partial charge in [-0.2, -0.15) is 0 Å². The molecule has 0 spiro atoms. The predicted molar refractivity (Wildman–Crippen MR) is 66.2 cm³/mol. The van der Waals surface area contributed by atoms with Gasteiger partial charge >= 0.3 is 0 Å². The van der Waals surface area contributed by atoms with E-state index in [-0.39, 0.29) is 12.2 Å². The molecule has 1 aliphatic rings. The van der Waals surface area contributed by atoms with Crippen LogP contribution < -0.4 is 0 Å². The van der Waals surface area contributed by atoms with E-state index in [2.05, 4.69) is 0 Å². The molecule has 7 nitrogen and oxygen atoms in total. The minimum Gasteiger partial charge on any atom is -0.394 e. The quantitative estimate of drug-likeness (QED) is 0.372. The first-order chi connectivity index (χ1) is 9.44. The second-order valence-corrected chi connectivity index (χ2v) is 4.83. The van der Waals surface area contributed by atoms with Crippen LogP contribution in [0.3, 0.4) is 0 Å². The Morgan fingerprint density at radius 2 is 1.65 bits per heavy atom. The van der Waals surface area contributed by atoms with Crippen molar-refractivity contribution in [2.24, 2.45) is 0 Å². The van der Waals surface area contributed by atoms with Gasteiger partial charge in [-0.1, -0.05) is 24.3 Å². The highest BCUT2D eigenvalue weighted by atomic mass is 16.6. The van der Waals surface area contributed by atoms with Crippen LogP contribution in [0.25, 0.3) is 0 Å². The summed E-state index contributed by atoms with van der Waals surface area (Å²) >= 11 is 0. The Labute approximate surface area is 115 Å². The Bertz CT molecular complexity index is 449. The van der Waals surface area contributed by atoms with Crippen molar-refractivity contribution in [1.29, 1.82) is 0 Å². The molecule has 1 heterocycles. The van der Waals surface area contributed by atoms with E-state index in [9.17, 15) is 20.4 Å². The monoisotopic (exact) mass is 286 g/mol. The van der Waals surface area contributed by atoms with E-state index in [1.165, 1.54) is 24.3 Å². The summed E-state index contributed by atoms with van der Waals surface area (Å²) in [5.74, 6) is 0. The summed E-state index contributed by atoms with van der Waals surface area (Å²) in [7, 11) is 0. The molecule has 1 fully saturated rings. The second-order valence-electron chi connectivity index (χ2n) is 4.83. The summed E-state index contributed by atoms with van der Waals surface area (Å²) in [5.41, 5.74) is -1.50. The molecule has 0 amide bonds. The highest BCUT2D eigenvalue weighted by molar-refractivity contribution is 5.30. The van der Waals surface area contributed by atoms with E-state index < -0.39 is 36.8 Å². The van der Waals surface area contributed by atoms with Crippen molar-refractivity contribution < 1.29 is 35.4 Å². The number of aliphatic hydroxyl groups is 6. The number of hydrogen-bond donors (Lipinski definition) is 6. The fourth-order valence-electron chi connectivity index (χ4n) is 2.30. The maximum absolute atomic E-state index is 10.5. The summed E-state index contributed by atoms with van der Waals surface area (Å²) < 4.78 is 4.94. The van der Waals surface area contributed by atoms with Crippen molar-refractivity contribution in [3.8, 4) is 0 Å². The number of ether oxygens (including phenoxy) is 1. The molecule has 0 aromatic heterocycles. The Morgan fingerprint density at radius 1 is 1.05 bits per heavy atom. The Kier molecular flexibility index (Phi) is 4.40. The lowest BCUT2D eigenvalue weighted by atomic mass is 9.81. The molecule has 0 unspecified atom stereocenters.